The molecule has 1 unspecified atom stereocenters. The van der Waals surface area contributed by atoms with Gasteiger partial charge in [-0.05, 0) is 42.7 Å². The first-order valence-corrected chi connectivity index (χ1v) is 9.92. The van der Waals surface area contributed by atoms with Gasteiger partial charge in [-0.2, -0.15) is 0 Å². The van der Waals surface area contributed by atoms with Crippen molar-refractivity contribution in [3.8, 4) is 11.3 Å². The van der Waals surface area contributed by atoms with Crippen molar-refractivity contribution in [2.24, 2.45) is 0 Å². The number of likely N-dealkylation sites (tertiary alicyclic amines) is 1. The van der Waals surface area contributed by atoms with E-state index in [0.717, 1.165) is 37.2 Å². The molecule has 0 bridgehead atoms. The van der Waals surface area contributed by atoms with Crippen molar-refractivity contribution >= 4 is 5.91 Å². The van der Waals surface area contributed by atoms with Gasteiger partial charge in [-0.3, -0.25) is 9.69 Å². The molecule has 1 amide bonds. The van der Waals surface area contributed by atoms with Crippen LogP contribution in [0.3, 0.4) is 0 Å². The van der Waals surface area contributed by atoms with Gasteiger partial charge >= 0.3 is 0 Å². The zero-order chi connectivity index (χ0) is 20.1. The number of hydrogen-bond acceptors (Lipinski definition) is 4. The van der Waals surface area contributed by atoms with E-state index < -0.39 is 0 Å². The molecule has 1 atom stereocenters. The standard InChI is InChI=1S/C23H24FN3O2/c24-20-9-6-18(7-10-20)23-19(14-25-29-23)8-11-22(28)26-21-12-13-27(16-21)15-17-4-2-1-3-5-17/h1-7,9-10,14,21H,8,11-13,15-16H2,(H,26,28). The molecule has 6 heteroatoms. The van der Waals surface area contributed by atoms with Gasteiger partial charge in [-0.15, -0.1) is 0 Å². The number of aryl methyl sites for hydroxylation is 1. The number of amides is 1. The second kappa shape index (κ2) is 9.01. The van der Waals surface area contributed by atoms with E-state index in [1.54, 1.807) is 18.3 Å². The fourth-order valence-corrected chi connectivity index (χ4v) is 3.76. The van der Waals surface area contributed by atoms with Crippen molar-refractivity contribution < 1.29 is 13.7 Å². The van der Waals surface area contributed by atoms with Gasteiger partial charge in [0.15, 0.2) is 5.76 Å². The van der Waals surface area contributed by atoms with E-state index in [4.69, 9.17) is 4.52 Å². The number of carbonyl (C=O) groups excluding carboxylic acids is 1. The number of halogens is 1. The predicted molar refractivity (Wildman–Crippen MR) is 108 cm³/mol. The van der Waals surface area contributed by atoms with Crippen LogP contribution in [0.15, 0.2) is 65.3 Å². The zero-order valence-corrected chi connectivity index (χ0v) is 16.2. The number of nitrogens with one attached hydrogen (secondary N) is 1. The molecule has 0 radical (unpaired) electrons. The van der Waals surface area contributed by atoms with Gasteiger partial charge in [-0.25, -0.2) is 4.39 Å². The minimum Gasteiger partial charge on any atom is -0.356 e. The van der Waals surface area contributed by atoms with Crippen LogP contribution in [0.25, 0.3) is 11.3 Å². The number of rotatable bonds is 7. The summed E-state index contributed by atoms with van der Waals surface area (Å²) in [6.07, 6.45) is 3.49. The Bertz CT molecular complexity index is 940. The fraction of sp³-hybridized carbons (Fsp3) is 0.304. The van der Waals surface area contributed by atoms with E-state index in [1.165, 1.54) is 17.7 Å². The first-order chi connectivity index (χ1) is 14.2. The maximum Gasteiger partial charge on any atom is 0.220 e. The van der Waals surface area contributed by atoms with Crippen LogP contribution in [0.5, 0.6) is 0 Å². The lowest BCUT2D eigenvalue weighted by Crippen LogP contribution is -2.37. The average Bonchev–Trinajstić information content (AvgIpc) is 3.37. The number of hydrogen-bond donors (Lipinski definition) is 1. The summed E-state index contributed by atoms with van der Waals surface area (Å²) in [6.45, 7) is 2.77. The molecule has 1 fully saturated rings. The Balaban J connectivity index is 1.26. The van der Waals surface area contributed by atoms with Crippen LogP contribution in [0.1, 0.15) is 24.0 Å². The number of nitrogens with zero attached hydrogens (tertiary/aromatic N) is 2. The SMILES string of the molecule is O=C(CCc1cnoc1-c1ccc(F)cc1)NC1CCN(Cc2ccccc2)C1. The molecule has 0 spiro atoms. The van der Waals surface area contributed by atoms with E-state index >= 15 is 0 Å². The maximum absolute atomic E-state index is 13.1. The van der Waals surface area contributed by atoms with E-state index in [1.807, 2.05) is 6.07 Å². The second-order valence-corrected chi connectivity index (χ2v) is 7.46. The number of aromatic nitrogens is 1. The lowest BCUT2D eigenvalue weighted by Gasteiger charge is -2.16. The minimum atomic E-state index is -0.299. The Hall–Kier alpha value is -2.99. The Morgan fingerprint density at radius 3 is 2.76 bits per heavy atom. The zero-order valence-electron chi connectivity index (χ0n) is 16.2. The lowest BCUT2D eigenvalue weighted by atomic mass is 10.1. The van der Waals surface area contributed by atoms with Crippen molar-refractivity contribution in [3.05, 3.63) is 77.7 Å². The van der Waals surface area contributed by atoms with Crippen LogP contribution < -0.4 is 5.32 Å². The highest BCUT2D eigenvalue weighted by Gasteiger charge is 2.24. The Morgan fingerprint density at radius 2 is 1.97 bits per heavy atom. The summed E-state index contributed by atoms with van der Waals surface area (Å²) in [5.74, 6) is 0.322. The normalized spacial score (nSPS) is 16.8. The van der Waals surface area contributed by atoms with Gasteiger partial charge in [0.05, 0.1) is 6.20 Å². The van der Waals surface area contributed by atoms with Gasteiger partial charge < -0.3 is 9.84 Å². The van der Waals surface area contributed by atoms with E-state index in [-0.39, 0.29) is 17.8 Å². The number of carbonyl (C=O) groups is 1. The summed E-state index contributed by atoms with van der Waals surface area (Å²) in [5, 5.41) is 6.99. The van der Waals surface area contributed by atoms with Crippen molar-refractivity contribution in [2.45, 2.75) is 31.8 Å². The van der Waals surface area contributed by atoms with Gasteiger partial charge in [0.2, 0.25) is 5.91 Å². The third-order valence-electron chi connectivity index (χ3n) is 5.26. The average molecular weight is 393 g/mol. The topological polar surface area (TPSA) is 58.4 Å². The highest BCUT2D eigenvalue weighted by atomic mass is 19.1. The van der Waals surface area contributed by atoms with Gasteiger partial charge in [0.1, 0.15) is 5.82 Å². The maximum atomic E-state index is 13.1. The van der Waals surface area contributed by atoms with Crippen LogP contribution in [0, 0.1) is 5.82 Å². The third kappa shape index (κ3) is 5.09. The molecule has 150 valence electrons. The van der Waals surface area contributed by atoms with Gasteiger partial charge in [0.25, 0.3) is 0 Å². The first-order valence-electron chi connectivity index (χ1n) is 9.92. The molecule has 1 aliphatic rings. The summed E-state index contributed by atoms with van der Waals surface area (Å²) in [7, 11) is 0. The predicted octanol–water partition coefficient (Wildman–Crippen LogP) is 3.80. The molecule has 4 rings (SSSR count). The highest BCUT2D eigenvalue weighted by molar-refractivity contribution is 5.77. The lowest BCUT2D eigenvalue weighted by molar-refractivity contribution is -0.121. The van der Waals surface area contributed by atoms with Crippen molar-refractivity contribution in [2.75, 3.05) is 13.1 Å². The summed E-state index contributed by atoms with van der Waals surface area (Å²) < 4.78 is 18.4. The molecular weight excluding hydrogens is 369 g/mol. The van der Waals surface area contributed by atoms with Crippen molar-refractivity contribution in [1.29, 1.82) is 0 Å². The van der Waals surface area contributed by atoms with Crippen LogP contribution in [0.2, 0.25) is 0 Å². The van der Waals surface area contributed by atoms with Crippen molar-refractivity contribution in [3.63, 3.8) is 0 Å². The molecule has 1 saturated heterocycles. The summed E-state index contributed by atoms with van der Waals surface area (Å²) in [4.78, 5) is 14.8. The molecule has 2 aromatic carbocycles. The molecule has 2 heterocycles. The minimum absolute atomic E-state index is 0.0304. The molecular formula is C23H24FN3O2. The summed E-state index contributed by atoms with van der Waals surface area (Å²) in [6, 6.07) is 16.6. The van der Waals surface area contributed by atoms with Crippen molar-refractivity contribution in [1.82, 2.24) is 15.4 Å². The fourth-order valence-electron chi connectivity index (χ4n) is 3.76. The quantitative estimate of drug-likeness (QED) is 0.663. The molecule has 1 aromatic heterocycles. The van der Waals surface area contributed by atoms with E-state index in [0.29, 0.717) is 18.6 Å². The molecule has 0 saturated carbocycles. The Kier molecular flexibility index (Phi) is 6.00. The van der Waals surface area contributed by atoms with Crippen LogP contribution in [-0.4, -0.2) is 35.1 Å². The van der Waals surface area contributed by atoms with Crippen LogP contribution in [0.4, 0.5) is 4.39 Å². The van der Waals surface area contributed by atoms with Gasteiger partial charge in [-0.1, -0.05) is 35.5 Å². The molecule has 1 aliphatic heterocycles. The summed E-state index contributed by atoms with van der Waals surface area (Å²) in [5.41, 5.74) is 2.90. The summed E-state index contributed by atoms with van der Waals surface area (Å²) >= 11 is 0. The molecule has 0 aliphatic carbocycles. The second-order valence-electron chi connectivity index (χ2n) is 7.46. The van der Waals surface area contributed by atoms with Gasteiger partial charge in [0, 0.05) is 43.2 Å². The Morgan fingerprint density at radius 1 is 1.17 bits per heavy atom. The monoisotopic (exact) mass is 393 g/mol. The van der Waals surface area contributed by atoms with E-state index in [2.05, 4.69) is 39.6 Å². The first kappa shape index (κ1) is 19.3. The highest BCUT2D eigenvalue weighted by Crippen LogP contribution is 2.25. The Labute approximate surface area is 169 Å². The van der Waals surface area contributed by atoms with Crippen LogP contribution >= 0.6 is 0 Å². The van der Waals surface area contributed by atoms with E-state index in [9.17, 15) is 9.18 Å². The smallest absolute Gasteiger partial charge is 0.220 e. The third-order valence-corrected chi connectivity index (χ3v) is 5.26. The number of benzene rings is 2. The van der Waals surface area contributed by atoms with Crippen LogP contribution in [-0.2, 0) is 17.8 Å². The molecule has 5 nitrogen and oxygen atoms in total. The molecule has 29 heavy (non-hydrogen) atoms. The molecule has 3 aromatic rings. The molecule has 1 N–H and O–H groups in total. The largest absolute Gasteiger partial charge is 0.356 e.